The number of urea groups is 1. The first-order chi connectivity index (χ1) is 15.4. The SMILES string of the molecule is C=CCN1C(=O)NC(c2ccc(OC)c(O)c2)C(c2nc(-c3cccc(Cl)c3)no2)=C1C. The molecule has 3 aromatic rings. The Balaban J connectivity index is 1.83. The highest BCUT2D eigenvalue weighted by molar-refractivity contribution is 6.30. The van der Waals surface area contributed by atoms with Crippen LogP contribution in [0, 0.1) is 0 Å². The quantitative estimate of drug-likeness (QED) is 0.521. The van der Waals surface area contributed by atoms with Gasteiger partial charge in [-0.2, -0.15) is 4.98 Å². The Morgan fingerprint density at radius 1 is 1.34 bits per heavy atom. The van der Waals surface area contributed by atoms with Gasteiger partial charge in [0.15, 0.2) is 11.5 Å². The van der Waals surface area contributed by atoms with Crippen LogP contribution in [0.15, 0.2) is 65.3 Å². The van der Waals surface area contributed by atoms with Gasteiger partial charge < -0.3 is 19.7 Å². The van der Waals surface area contributed by atoms with Gasteiger partial charge in [-0.05, 0) is 36.8 Å². The van der Waals surface area contributed by atoms with E-state index in [1.54, 1.807) is 43.3 Å². The van der Waals surface area contributed by atoms with Crippen molar-refractivity contribution < 1.29 is 19.2 Å². The Kier molecular flexibility index (Phi) is 5.87. The number of nitrogens with zero attached hydrogens (tertiary/aromatic N) is 3. The predicted molar refractivity (Wildman–Crippen MR) is 120 cm³/mol. The zero-order chi connectivity index (χ0) is 22.8. The fourth-order valence-electron chi connectivity index (χ4n) is 3.62. The molecule has 1 aliphatic heterocycles. The van der Waals surface area contributed by atoms with E-state index < -0.39 is 6.04 Å². The van der Waals surface area contributed by atoms with Crippen LogP contribution in [0.3, 0.4) is 0 Å². The molecule has 32 heavy (non-hydrogen) atoms. The summed E-state index contributed by atoms with van der Waals surface area (Å²) in [6.45, 7) is 5.83. The van der Waals surface area contributed by atoms with Crippen molar-refractivity contribution in [2.45, 2.75) is 13.0 Å². The topological polar surface area (TPSA) is 101 Å². The van der Waals surface area contributed by atoms with E-state index in [1.807, 2.05) is 6.07 Å². The summed E-state index contributed by atoms with van der Waals surface area (Å²) in [5.74, 6) is 0.889. The highest BCUT2D eigenvalue weighted by Gasteiger charge is 2.35. The smallest absolute Gasteiger partial charge is 0.322 e. The van der Waals surface area contributed by atoms with E-state index in [9.17, 15) is 9.90 Å². The summed E-state index contributed by atoms with van der Waals surface area (Å²) in [6, 6.07) is 11.1. The zero-order valence-corrected chi connectivity index (χ0v) is 18.3. The average Bonchev–Trinajstić information content (AvgIpc) is 3.26. The highest BCUT2D eigenvalue weighted by atomic mass is 35.5. The number of hydrogen-bond donors (Lipinski definition) is 2. The Hall–Kier alpha value is -3.78. The fourth-order valence-corrected chi connectivity index (χ4v) is 3.81. The number of rotatable bonds is 6. The van der Waals surface area contributed by atoms with Gasteiger partial charge in [-0.25, -0.2) is 4.79 Å². The minimum atomic E-state index is -0.631. The molecule has 0 aliphatic carbocycles. The van der Waals surface area contributed by atoms with Gasteiger partial charge in [-0.1, -0.05) is 41.0 Å². The normalized spacial score (nSPS) is 16.2. The van der Waals surface area contributed by atoms with Crippen molar-refractivity contribution in [2.75, 3.05) is 13.7 Å². The summed E-state index contributed by atoms with van der Waals surface area (Å²) in [4.78, 5) is 18.9. The van der Waals surface area contributed by atoms with Gasteiger partial charge in [0.2, 0.25) is 5.82 Å². The van der Waals surface area contributed by atoms with Crippen molar-refractivity contribution in [1.82, 2.24) is 20.4 Å². The molecule has 0 fully saturated rings. The molecule has 8 nitrogen and oxygen atoms in total. The standard InChI is InChI=1S/C23H21ClN4O4/c1-4-10-28-13(2)19(22-26-21(27-32-22)15-6-5-7-16(24)11-15)20(25-23(28)30)14-8-9-18(31-3)17(29)12-14/h4-9,11-12,20,29H,1,10H2,2-3H3,(H,25,30). The van der Waals surface area contributed by atoms with E-state index in [2.05, 4.69) is 22.0 Å². The highest BCUT2D eigenvalue weighted by Crippen LogP contribution is 2.39. The monoisotopic (exact) mass is 452 g/mol. The molecule has 1 unspecified atom stereocenters. The van der Waals surface area contributed by atoms with Gasteiger partial charge >= 0.3 is 6.03 Å². The first kappa shape index (κ1) is 21.5. The molecule has 0 radical (unpaired) electrons. The number of allylic oxidation sites excluding steroid dienone is 1. The van der Waals surface area contributed by atoms with Gasteiger partial charge in [0.1, 0.15) is 0 Å². The number of aromatic hydroxyl groups is 1. The van der Waals surface area contributed by atoms with Crippen LogP contribution in [0.25, 0.3) is 17.0 Å². The van der Waals surface area contributed by atoms with Crippen LogP contribution in [-0.2, 0) is 0 Å². The Morgan fingerprint density at radius 3 is 2.84 bits per heavy atom. The second kappa shape index (κ2) is 8.76. The lowest BCUT2D eigenvalue weighted by Crippen LogP contribution is -2.46. The molecule has 4 rings (SSSR count). The van der Waals surface area contributed by atoms with E-state index >= 15 is 0 Å². The number of hydrogen-bond acceptors (Lipinski definition) is 6. The maximum Gasteiger partial charge on any atom is 0.322 e. The molecular formula is C23H21ClN4O4. The van der Waals surface area contributed by atoms with E-state index in [1.165, 1.54) is 18.1 Å². The lowest BCUT2D eigenvalue weighted by atomic mass is 9.94. The zero-order valence-electron chi connectivity index (χ0n) is 17.5. The number of amides is 2. The van der Waals surface area contributed by atoms with Gasteiger partial charge in [0, 0.05) is 22.8 Å². The molecular weight excluding hydrogens is 432 g/mol. The van der Waals surface area contributed by atoms with Crippen molar-refractivity contribution in [3.05, 3.63) is 77.3 Å². The van der Waals surface area contributed by atoms with Crippen LogP contribution in [0.5, 0.6) is 11.5 Å². The Bertz CT molecular complexity index is 1220. The number of phenols is 1. The van der Waals surface area contributed by atoms with Crippen LogP contribution in [-0.4, -0.2) is 39.8 Å². The average molecular weight is 453 g/mol. The number of phenolic OH excluding ortho intramolecular Hbond substituents is 1. The molecule has 1 atom stereocenters. The number of carbonyl (C=O) groups excluding carboxylic acids is 1. The number of ether oxygens (including phenoxy) is 1. The molecule has 2 N–H and O–H groups in total. The molecule has 0 saturated heterocycles. The third-order valence-electron chi connectivity index (χ3n) is 5.18. The molecule has 164 valence electrons. The molecule has 0 bridgehead atoms. The summed E-state index contributed by atoms with van der Waals surface area (Å²) >= 11 is 6.09. The maximum absolute atomic E-state index is 12.8. The summed E-state index contributed by atoms with van der Waals surface area (Å²) < 4.78 is 10.7. The Morgan fingerprint density at radius 2 is 2.16 bits per heavy atom. The second-order valence-corrected chi connectivity index (χ2v) is 7.58. The van der Waals surface area contributed by atoms with Crippen molar-refractivity contribution in [2.24, 2.45) is 0 Å². The molecule has 0 spiro atoms. The molecule has 1 aliphatic rings. The third kappa shape index (κ3) is 3.92. The van der Waals surface area contributed by atoms with E-state index in [0.717, 1.165) is 0 Å². The number of halogens is 1. The van der Waals surface area contributed by atoms with Crippen molar-refractivity contribution >= 4 is 23.2 Å². The van der Waals surface area contributed by atoms with E-state index in [-0.39, 0.29) is 17.7 Å². The predicted octanol–water partition coefficient (Wildman–Crippen LogP) is 4.79. The summed E-state index contributed by atoms with van der Waals surface area (Å²) in [6.07, 6.45) is 1.63. The van der Waals surface area contributed by atoms with E-state index in [0.29, 0.717) is 45.5 Å². The lowest BCUT2D eigenvalue weighted by molar-refractivity contribution is 0.209. The summed E-state index contributed by atoms with van der Waals surface area (Å²) in [5, 5.41) is 17.9. The largest absolute Gasteiger partial charge is 0.504 e. The van der Waals surface area contributed by atoms with Crippen molar-refractivity contribution in [3.8, 4) is 22.9 Å². The van der Waals surface area contributed by atoms with Gasteiger partial charge in [-0.3, -0.25) is 4.90 Å². The summed E-state index contributed by atoms with van der Waals surface area (Å²) in [5.41, 5.74) is 2.57. The Labute approximate surface area is 189 Å². The minimum Gasteiger partial charge on any atom is -0.504 e. The van der Waals surface area contributed by atoms with Crippen molar-refractivity contribution in [3.63, 3.8) is 0 Å². The number of methoxy groups -OCH3 is 1. The van der Waals surface area contributed by atoms with Crippen LogP contribution in [0.1, 0.15) is 24.4 Å². The summed E-state index contributed by atoms with van der Waals surface area (Å²) in [7, 11) is 1.47. The van der Waals surface area contributed by atoms with Crippen LogP contribution >= 0.6 is 11.6 Å². The molecule has 2 heterocycles. The number of carbonyl (C=O) groups is 1. The lowest BCUT2D eigenvalue weighted by Gasteiger charge is -2.34. The fraction of sp³-hybridized carbons (Fsp3) is 0.174. The molecule has 9 heteroatoms. The number of aromatic nitrogens is 2. The van der Waals surface area contributed by atoms with E-state index in [4.69, 9.17) is 20.9 Å². The van der Waals surface area contributed by atoms with Crippen LogP contribution in [0.2, 0.25) is 5.02 Å². The molecule has 2 aromatic carbocycles. The first-order valence-electron chi connectivity index (χ1n) is 9.79. The number of benzene rings is 2. The van der Waals surface area contributed by atoms with Crippen LogP contribution < -0.4 is 10.1 Å². The molecule has 0 saturated carbocycles. The second-order valence-electron chi connectivity index (χ2n) is 7.15. The number of nitrogens with one attached hydrogen (secondary N) is 1. The third-order valence-corrected chi connectivity index (χ3v) is 5.42. The molecule has 2 amide bonds. The van der Waals surface area contributed by atoms with Crippen molar-refractivity contribution in [1.29, 1.82) is 0 Å². The first-order valence-corrected chi connectivity index (χ1v) is 10.2. The van der Waals surface area contributed by atoms with Gasteiger partial charge in [0.25, 0.3) is 5.89 Å². The minimum absolute atomic E-state index is 0.0464. The van der Waals surface area contributed by atoms with Gasteiger partial charge in [0.05, 0.1) is 18.7 Å². The van der Waals surface area contributed by atoms with Crippen LogP contribution in [0.4, 0.5) is 4.79 Å². The molecule has 1 aromatic heterocycles. The maximum atomic E-state index is 12.8. The van der Waals surface area contributed by atoms with Gasteiger partial charge in [-0.15, -0.1) is 6.58 Å².